The summed E-state index contributed by atoms with van der Waals surface area (Å²) in [5.41, 5.74) is 1.46. The maximum atomic E-state index is 13.0. The number of nitrogens with one attached hydrogen (secondary N) is 1. The summed E-state index contributed by atoms with van der Waals surface area (Å²) < 4.78 is 39.1. The Morgan fingerprint density at radius 2 is 1.64 bits per heavy atom. The number of hydrogen-bond donors (Lipinski definition) is 1. The summed E-state index contributed by atoms with van der Waals surface area (Å²) in [5, 5.41) is 0. The summed E-state index contributed by atoms with van der Waals surface area (Å²) in [6.45, 7) is 6.84. The molecular formula is C20H27N3O4S. The Bertz CT molecular complexity index is 909. The van der Waals surface area contributed by atoms with E-state index in [2.05, 4.69) is 21.4 Å². The van der Waals surface area contributed by atoms with Gasteiger partial charge in [-0.1, -0.05) is 19.1 Å². The summed E-state index contributed by atoms with van der Waals surface area (Å²) in [7, 11) is -0.778. The van der Waals surface area contributed by atoms with Crippen LogP contribution in [0.2, 0.25) is 0 Å². The van der Waals surface area contributed by atoms with Crippen LogP contribution in [0.5, 0.6) is 11.5 Å². The number of piperazine rings is 1. The van der Waals surface area contributed by atoms with Crippen molar-refractivity contribution in [2.75, 3.05) is 56.6 Å². The molecular weight excluding hydrogens is 378 g/mol. The van der Waals surface area contributed by atoms with E-state index in [-0.39, 0.29) is 4.90 Å². The summed E-state index contributed by atoms with van der Waals surface area (Å²) >= 11 is 0. The van der Waals surface area contributed by atoms with Gasteiger partial charge in [-0.2, -0.15) is 0 Å². The van der Waals surface area contributed by atoms with E-state index in [1.165, 1.54) is 26.4 Å². The second-order valence-corrected chi connectivity index (χ2v) is 8.24. The Morgan fingerprint density at radius 3 is 2.29 bits per heavy atom. The van der Waals surface area contributed by atoms with Crippen LogP contribution in [0.25, 0.3) is 0 Å². The lowest BCUT2D eigenvalue weighted by atomic mass is 10.2. The van der Waals surface area contributed by atoms with Gasteiger partial charge in [0.15, 0.2) is 11.5 Å². The fraction of sp³-hybridized carbons (Fsp3) is 0.400. The van der Waals surface area contributed by atoms with Gasteiger partial charge in [-0.05, 0) is 30.8 Å². The Labute approximate surface area is 166 Å². The molecule has 0 spiro atoms. The van der Waals surface area contributed by atoms with Crippen LogP contribution < -0.4 is 19.1 Å². The molecule has 3 rings (SSSR count). The highest BCUT2D eigenvalue weighted by Crippen LogP contribution is 2.32. The third kappa shape index (κ3) is 4.34. The monoisotopic (exact) mass is 405 g/mol. The average molecular weight is 406 g/mol. The van der Waals surface area contributed by atoms with Gasteiger partial charge >= 0.3 is 0 Å². The van der Waals surface area contributed by atoms with Crippen molar-refractivity contribution >= 4 is 21.4 Å². The van der Waals surface area contributed by atoms with Crippen molar-refractivity contribution in [3.05, 3.63) is 42.5 Å². The number of anilines is 2. The summed E-state index contributed by atoms with van der Waals surface area (Å²) in [6, 6.07) is 12.1. The van der Waals surface area contributed by atoms with Gasteiger partial charge in [0.2, 0.25) is 0 Å². The zero-order valence-electron chi connectivity index (χ0n) is 16.5. The highest BCUT2D eigenvalue weighted by molar-refractivity contribution is 7.92. The fourth-order valence-electron chi connectivity index (χ4n) is 3.33. The molecule has 0 unspecified atom stereocenters. The van der Waals surface area contributed by atoms with Crippen molar-refractivity contribution in [2.45, 2.75) is 11.8 Å². The van der Waals surface area contributed by atoms with Crippen LogP contribution in [0.4, 0.5) is 11.4 Å². The van der Waals surface area contributed by atoms with Crippen LogP contribution in [0.1, 0.15) is 6.92 Å². The van der Waals surface area contributed by atoms with E-state index >= 15 is 0 Å². The molecule has 8 heteroatoms. The molecule has 7 nitrogen and oxygen atoms in total. The number of ether oxygens (including phenoxy) is 2. The molecule has 0 aromatic heterocycles. The second kappa shape index (κ2) is 8.70. The molecule has 1 saturated heterocycles. The van der Waals surface area contributed by atoms with E-state index in [0.717, 1.165) is 38.4 Å². The zero-order valence-corrected chi connectivity index (χ0v) is 17.3. The van der Waals surface area contributed by atoms with Crippen LogP contribution in [-0.2, 0) is 10.0 Å². The minimum absolute atomic E-state index is 0.121. The number of methoxy groups -OCH3 is 2. The van der Waals surface area contributed by atoms with Crippen molar-refractivity contribution in [1.82, 2.24) is 4.90 Å². The van der Waals surface area contributed by atoms with Crippen LogP contribution in [0.3, 0.4) is 0 Å². The highest BCUT2D eigenvalue weighted by atomic mass is 32.2. The molecule has 1 aliphatic heterocycles. The van der Waals surface area contributed by atoms with E-state index < -0.39 is 10.0 Å². The smallest absolute Gasteiger partial charge is 0.262 e. The first-order valence-electron chi connectivity index (χ1n) is 9.29. The largest absolute Gasteiger partial charge is 0.493 e. The van der Waals surface area contributed by atoms with E-state index in [4.69, 9.17) is 9.47 Å². The van der Waals surface area contributed by atoms with Gasteiger partial charge in [-0.15, -0.1) is 0 Å². The molecule has 0 atom stereocenters. The molecule has 1 N–H and O–H groups in total. The molecule has 0 bridgehead atoms. The topological polar surface area (TPSA) is 71.1 Å². The predicted octanol–water partition coefficient (Wildman–Crippen LogP) is 2.65. The Morgan fingerprint density at radius 1 is 0.964 bits per heavy atom. The first-order chi connectivity index (χ1) is 13.5. The molecule has 1 heterocycles. The van der Waals surface area contributed by atoms with Gasteiger partial charge in [0, 0.05) is 32.2 Å². The first kappa shape index (κ1) is 20.3. The van der Waals surface area contributed by atoms with Crippen molar-refractivity contribution in [2.24, 2.45) is 0 Å². The van der Waals surface area contributed by atoms with Gasteiger partial charge in [0.1, 0.15) is 0 Å². The third-order valence-electron chi connectivity index (χ3n) is 4.97. The lowest BCUT2D eigenvalue weighted by molar-refractivity contribution is 0.271. The lowest BCUT2D eigenvalue weighted by Gasteiger charge is -2.36. The number of benzene rings is 2. The van der Waals surface area contributed by atoms with E-state index in [1.54, 1.807) is 12.1 Å². The molecule has 2 aromatic rings. The fourth-order valence-corrected chi connectivity index (χ4v) is 4.42. The van der Waals surface area contributed by atoms with Crippen LogP contribution in [0, 0.1) is 0 Å². The molecule has 0 amide bonds. The maximum Gasteiger partial charge on any atom is 0.262 e. The number of rotatable bonds is 7. The minimum Gasteiger partial charge on any atom is -0.493 e. The number of sulfonamides is 1. The van der Waals surface area contributed by atoms with E-state index in [1.807, 2.05) is 18.2 Å². The summed E-state index contributed by atoms with van der Waals surface area (Å²) in [6.07, 6.45) is 0. The number of hydrogen-bond acceptors (Lipinski definition) is 6. The molecule has 1 aliphatic rings. The Balaban J connectivity index is 1.85. The van der Waals surface area contributed by atoms with Gasteiger partial charge in [0.05, 0.1) is 30.5 Å². The SMILES string of the molecule is CCN1CCN(c2ccccc2NS(=O)(=O)c2ccc(OC)c(OC)c2)CC1. The molecule has 1 fully saturated rings. The van der Waals surface area contributed by atoms with Gasteiger partial charge < -0.3 is 19.3 Å². The van der Waals surface area contributed by atoms with Crippen LogP contribution in [0.15, 0.2) is 47.4 Å². The third-order valence-corrected chi connectivity index (χ3v) is 6.34. The average Bonchev–Trinajstić information content (AvgIpc) is 2.73. The van der Waals surface area contributed by atoms with Crippen molar-refractivity contribution in [1.29, 1.82) is 0 Å². The minimum atomic E-state index is -3.77. The molecule has 0 saturated carbocycles. The zero-order chi connectivity index (χ0) is 20.1. The van der Waals surface area contributed by atoms with Gasteiger partial charge in [0.25, 0.3) is 10.0 Å². The highest BCUT2D eigenvalue weighted by Gasteiger charge is 2.22. The van der Waals surface area contributed by atoms with E-state index in [9.17, 15) is 8.42 Å². The molecule has 28 heavy (non-hydrogen) atoms. The first-order valence-corrected chi connectivity index (χ1v) is 10.8. The maximum absolute atomic E-state index is 13.0. The predicted molar refractivity (Wildman–Crippen MR) is 111 cm³/mol. The quantitative estimate of drug-likeness (QED) is 0.764. The molecule has 0 aliphatic carbocycles. The number of nitrogens with zero attached hydrogens (tertiary/aromatic N) is 2. The number of para-hydroxylation sites is 2. The van der Waals surface area contributed by atoms with E-state index in [0.29, 0.717) is 17.2 Å². The second-order valence-electron chi connectivity index (χ2n) is 6.56. The molecule has 2 aromatic carbocycles. The van der Waals surface area contributed by atoms with Crippen molar-refractivity contribution in [3.8, 4) is 11.5 Å². The standard InChI is InChI=1S/C20H27N3O4S/c1-4-22-11-13-23(14-12-22)18-8-6-5-7-17(18)21-28(24,25)16-9-10-19(26-2)20(15-16)27-3/h5-10,15,21H,4,11-14H2,1-3H3. The lowest BCUT2D eigenvalue weighted by Crippen LogP contribution is -2.46. The number of likely N-dealkylation sites (N-methyl/N-ethyl adjacent to an activating group) is 1. The van der Waals surface area contributed by atoms with Crippen LogP contribution >= 0.6 is 0 Å². The van der Waals surface area contributed by atoms with Crippen molar-refractivity contribution < 1.29 is 17.9 Å². The van der Waals surface area contributed by atoms with Crippen LogP contribution in [-0.4, -0.2) is 60.3 Å². The van der Waals surface area contributed by atoms with Gasteiger partial charge in [-0.3, -0.25) is 4.72 Å². The summed E-state index contributed by atoms with van der Waals surface area (Å²) in [5.74, 6) is 0.852. The van der Waals surface area contributed by atoms with Gasteiger partial charge in [-0.25, -0.2) is 8.42 Å². The Hall–Kier alpha value is -2.45. The summed E-state index contributed by atoms with van der Waals surface area (Å²) in [4.78, 5) is 4.72. The van der Waals surface area contributed by atoms with Crippen molar-refractivity contribution in [3.63, 3.8) is 0 Å². The normalized spacial score (nSPS) is 15.3. The molecule has 152 valence electrons. The Kier molecular flexibility index (Phi) is 6.31. The molecule has 0 radical (unpaired) electrons.